The van der Waals surface area contributed by atoms with Gasteiger partial charge in [0, 0.05) is 11.3 Å². The second-order valence-corrected chi connectivity index (χ2v) is 4.06. The minimum absolute atomic E-state index is 0.243. The zero-order valence-corrected chi connectivity index (χ0v) is 9.83. The molecule has 0 amide bonds. The number of rotatable bonds is 4. The minimum Gasteiger partial charge on any atom is -0.369 e. The Balaban J connectivity index is 2.33. The Bertz CT molecular complexity index is 488. The lowest BCUT2D eigenvalue weighted by Gasteiger charge is -2.01. The van der Waals surface area contributed by atoms with Gasteiger partial charge in [-0.15, -0.1) is 0 Å². The second-order valence-electron chi connectivity index (χ2n) is 4.06. The Morgan fingerprint density at radius 2 is 2.00 bits per heavy atom. The molecular formula is C13H16FN3. The molecule has 1 aromatic heterocycles. The molecule has 0 bridgehead atoms. The predicted molar refractivity (Wildman–Crippen MR) is 67.0 cm³/mol. The summed E-state index contributed by atoms with van der Waals surface area (Å²) in [5.74, 6) is 0.169. The number of hydrogen-bond donors (Lipinski definition) is 2. The number of aromatic nitrogens is 2. The number of nitrogen functional groups attached to an aromatic ring is 1. The summed E-state index contributed by atoms with van der Waals surface area (Å²) in [6, 6.07) is 6.31. The molecule has 0 fully saturated rings. The van der Waals surface area contributed by atoms with E-state index in [1.807, 2.05) is 0 Å². The van der Waals surface area contributed by atoms with Crippen LogP contribution in [0.2, 0.25) is 0 Å². The molecule has 1 heterocycles. The van der Waals surface area contributed by atoms with E-state index in [9.17, 15) is 4.39 Å². The van der Waals surface area contributed by atoms with Crippen molar-refractivity contribution in [1.82, 2.24) is 9.97 Å². The van der Waals surface area contributed by atoms with Gasteiger partial charge in [0.15, 0.2) is 5.95 Å². The summed E-state index contributed by atoms with van der Waals surface area (Å²) in [6.45, 7) is 2.14. The molecule has 0 aliphatic carbocycles. The molecule has 17 heavy (non-hydrogen) atoms. The van der Waals surface area contributed by atoms with Crippen molar-refractivity contribution < 1.29 is 4.39 Å². The molecule has 90 valence electrons. The Morgan fingerprint density at radius 1 is 1.29 bits per heavy atom. The average Bonchev–Trinajstić information content (AvgIpc) is 2.69. The van der Waals surface area contributed by atoms with Crippen LogP contribution in [0, 0.1) is 5.82 Å². The van der Waals surface area contributed by atoms with Crippen LogP contribution >= 0.6 is 0 Å². The Labute approximate surface area is 99.9 Å². The normalized spacial score (nSPS) is 10.7. The van der Waals surface area contributed by atoms with Crippen molar-refractivity contribution in [2.75, 3.05) is 5.73 Å². The topological polar surface area (TPSA) is 54.7 Å². The maximum Gasteiger partial charge on any atom is 0.198 e. The highest BCUT2D eigenvalue weighted by molar-refractivity contribution is 5.63. The molecule has 0 spiro atoms. The van der Waals surface area contributed by atoms with Crippen molar-refractivity contribution in [3.8, 4) is 11.3 Å². The molecule has 0 radical (unpaired) electrons. The van der Waals surface area contributed by atoms with Gasteiger partial charge in [0.25, 0.3) is 0 Å². The predicted octanol–water partition coefficient (Wildman–Crippen LogP) is 3.14. The van der Waals surface area contributed by atoms with Gasteiger partial charge in [-0.05, 0) is 37.1 Å². The summed E-state index contributed by atoms with van der Waals surface area (Å²) in [7, 11) is 0. The van der Waals surface area contributed by atoms with Gasteiger partial charge < -0.3 is 10.7 Å². The molecule has 1 aromatic carbocycles. The van der Waals surface area contributed by atoms with E-state index in [1.165, 1.54) is 12.1 Å². The third-order valence-corrected chi connectivity index (χ3v) is 2.70. The lowest BCUT2D eigenvalue weighted by atomic mass is 10.1. The van der Waals surface area contributed by atoms with Crippen LogP contribution in [0.15, 0.2) is 24.3 Å². The number of aryl methyl sites for hydroxylation is 1. The molecule has 0 atom stereocenters. The molecule has 4 heteroatoms. The maximum absolute atomic E-state index is 12.9. The lowest BCUT2D eigenvalue weighted by molar-refractivity contribution is 0.628. The van der Waals surface area contributed by atoms with Gasteiger partial charge in [0.05, 0.1) is 5.69 Å². The van der Waals surface area contributed by atoms with Crippen LogP contribution in [0.3, 0.4) is 0 Å². The molecule has 0 saturated carbocycles. The Hall–Kier alpha value is -1.84. The zero-order chi connectivity index (χ0) is 12.3. The van der Waals surface area contributed by atoms with E-state index in [4.69, 9.17) is 5.73 Å². The van der Waals surface area contributed by atoms with E-state index < -0.39 is 0 Å². The number of H-pyrrole nitrogens is 1. The van der Waals surface area contributed by atoms with Gasteiger partial charge >= 0.3 is 0 Å². The largest absolute Gasteiger partial charge is 0.369 e. The number of aromatic amines is 1. The highest BCUT2D eigenvalue weighted by atomic mass is 19.1. The van der Waals surface area contributed by atoms with Gasteiger partial charge in [-0.1, -0.05) is 13.3 Å². The first-order chi connectivity index (χ1) is 8.20. The van der Waals surface area contributed by atoms with Crippen LogP contribution in [0.1, 0.15) is 25.5 Å². The van der Waals surface area contributed by atoms with E-state index >= 15 is 0 Å². The number of anilines is 1. The van der Waals surface area contributed by atoms with E-state index in [0.717, 1.165) is 36.2 Å². The average molecular weight is 233 g/mol. The molecule has 3 nitrogen and oxygen atoms in total. The smallest absolute Gasteiger partial charge is 0.198 e. The van der Waals surface area contributed by atoms with Crippen molar-refractivity contribution in [3.05, 3.63) is 35.8 Å². The molecule has 0 aliphatic heterocycles. The van der Waals surface area contributed by atoms with Crippen LogP contribution < -0.4 is 5.73 Å². The first kappa shape index (κ1) is 11.6. The molecular weight excluding hydrogens is 217 g/mol. The highest BCUT2D eigenvalue weighted by Gasteiger charge is 2.10. The fraction of sp³-hybridized carbons (Fsp3) is 0.308. The fourth-order valence-electron chi connectivity index (χ4n) is 1.81. The summed E-state index contributed by atoms with van der Waals surface area (Å²) < 4.78 is 12.9. The fourth-order valence-corrected chi connectivity index (χ4v) is 1.81. The van der Waals surface area contributed by atoms with Crippen molar-refractivity contribution in [2.24, 2.45) is 0 Å². The number of halogens is 1. The minimum atomic E-state index is -0.243. The summed E-state index contributed by atoms with van der Waals surface area (Å²) in [5.41, 5.74) is 8.43. The number of nitrogens with zero attached hydrogens (tertiary/aromatic N) is 1. The van der Waals surface area contributed by atoms with Gasteiger partial charge in [0.2, 0.25) is 0 Å². The van der Waals surface area contributed by atoms with Gasteiger partial charge in [-0.25, -0.2) is 9.37 Å². The van der Waals surface area contributed by atoms with E-state index in [-0.39, 0.29) is 5.82 Å². The van der Waals surface area contributed by atoms with Crippen LogP contribution in [-0.2, 0) is 6.42 Å². The number of nitrogens with two attached hydrogens (primary N) is 1. The number of imidazole rings is 1. The van der Waals surface area contributed by atoms with Crippen LogP contribution in [0.25, 0.3) is 11.3 Å². The van der Waals surface area contributed by atoms with Crippen LogP contribution in [0.4, 0.5) is 10.3 Å². The SMILES string of the molecule is CCCCc1[nH]c(N)nc1-c1ccc(F)cc1. The first-order valence-electron chi connectivity index (χ1n) is 5.81. The Kier molecular flexibility index (Phi) is 3.42. The van der Waals surface area contributed by atoms with Crippen molar-refractivity contribution in [2.45, 2.75) is 26.2 Å². The van der Waals surface area contributed by atoms with Crippen molar-refractivity contribution in [3.63, 3.8) is 0 Å². The molecule has 0 saturated heterocycles. The summed E-state index contributed by atoms with van der Waals surface area (Å²) in [4.78, 5) is 7.33. The van der Waals surface area contributed by atoms with E-state index in [2.05, 4.69) is 16.9 Å². The molecule has 2 aromatic rings. The molecule has 2 rings (SSSR count). The number of nitrogens with one attached hydrogen (secondary N) is 1. The third kappa shape index (κ3) is 2.64. The second kappa shape index (κ2) is 4.99. The quantitative estimate of drug-likeness (QED) is 0.852. The summed E-state index contributed by atoms with van der Waals surface area (Å²) >= 11 is 0. The van der Waals surface area contributed by atoms with Gasteiger partial charge in [0.1, 0.15) is 5.82 Å². The standard InChI is InChI=1S/C13H16FN3/c1-2-3-4-11-12(17-13(15)16-11)9-5-7-10(14)8-6-9/h5-8H,2-4H2,1H3,(H3,15,16,17). The van der Waals surface area contributed by atoms with E-state index in [0.29, 0.717) is 5.95 Å². The maximum atomic E-state index is 12.9. The van der Waals surface area contributed by atoms with Crippen molar-refractivity contribution in [1.29, 1.82) is 0 Å². The lowest BCUT2D eigenvalue weighted by Crippen LogP contribution is -1.90. The van der Waals surface area contributed by atoms with Gasteiger partial charge in [-0.2, -0.15) is 0 Å². The van der Waals surface area contributed by atoms with Gasteiger partial charge in [-0.3, -0.25) is 0 Å². The zero-order valence-electron chi connectivity index (χ0n) is 9.83. The van der Waals surface area contributed by atoms with Crippen LogP contribution in [0.5, 0.6) is 0 Å². The Morgan fingerprint density at radius 3 is 2.65 bits per heavy atom. The highest BCUT2D eigenvalue weighted by Crippen LogP contribution is 2.24. The summed E-state index contributed by atoms with van der Waals surface area (Å²) in [5, 5.41) is 0. The molecule has 0 unspecified atom stereocenters. The molecule has 0 aliphatic rings. The third-order valence-electron chi connectivity index (χ3n) is 2.70. The van der Waals surface area contributed by atoms with Crippen molar-refractivity contribution >= 4 is 5.95 Å². The summed E-state index contributed by atoms with van der Waals surface area (Å²) in [6.07, 6.45) is 3.10. The number of unbranched alkanes of at least 4 members (excludes halogenated alkanes) is 1. The van der Waals surface area contributed by atoms with E-state index in [1.54, 1.807) is 12.1 Å². The monoisotopic (exact) mass is 233 g/mol. The number of benzene rings is 1. The molecule has 3 N–H and O–H groups in total. The van der Waals surface area contributed by atoms with Crippen LogP contribution in [-0.4, -0.2) is 9.97 Å². The first-order valence-corrected chi connectivity index (χ1v) is 5.81. The number of hydrogen-bond acceptors (Lipinski definition) is 2.